The van der Waals surface area contributed by atoms with E-state index >= 15 is 0 Å². The molecule has 0 fully saturated rings. The highest BCUT2D eigenvalue weighted by Gasteiger charge is 2.15. The van der Waals surface area contributed by atoms with Crippen LogP contribution >= 0.6 is 0 Å². The summed E-state index contributed by atoms with van der Waals surface area (Å²) in [5.74, 6) is 1.55. The van der Waals surface area contributed by atoms with Crippen molar-refractivity contribution >= 4 is 28.8 Å². The number of aryl methyl sites for hydroxylation is 1. The fourth-order valence-corrected chi connectivity index (χ4v) is 5.48. The van der Waals surface area contributed by atoms with Crippen molar-refractivity contribution < 1.29 is 23.6 Å². The lowest BCUT2D eigenvalue weighted by Crippen LogP contribution is -2.10. The summed E-state index contributed by atoms with van der Waals surface area (Å²) in [4.78, 5) is 17.5. The molecule has 1 atom stereocenters. The monoisotopic (exact) mass is 601 g/mol. The number of nitrogens with zero attached hydrogens (tertiary/aromatic N) is 2. The van der Waals surface area contributed by atoms with Gasteiger partial charge in [-0.15, -0.1) is 0 Å². The Morgan fingerprint density at radius 2 is 1.77 bits per heavy atom. The molecule has 0 saturated carbocycles. The summed E-state index contributed by atoms with van der Waals surface area (Å²) >= 11 is -1.21. The number of carbonyl (C=O) groups is 1. The molecule has 0 spiro atoms. The molecule has 1 N–H and O–H groups in total. The number of benzene rings is 3. The number of unbranched alkanes of at least 4 members (excludes halogenated alkanes) is 1. The quantitative estimate of drug-likeness (QED) is 0.0869. The van der Waals surface area contributed by atoms with Gasteiger partial charge in [0.15, 0.2) is 10.6 Å². The van der Waals surface area contributed by atoms with Crippen LogP contribution in [0.5, 0.6) is 11.5 Å². The zero-order valence-corrected chi connectivity index (χ0v) is 25.8. The zero-order chi connectivity index (χ0) is 30.4. The Kier molecular flexibility index (Phi) is 12.3. The van der Waals surface area contributed by atoms with Crippen LogP contribution in [0.4, 0.5) is 5.69 Å². The maximum Gasteiger partial charge on any atom is 0.248 e. The van der Waals surface area contributed by atoms with Gasteiger partial charge in [-0.05, 0) is 90.3 Å². The van der Waals surface area contributed by atoms with E-state index in [0.717, 1.165) is 54.1 Å². The topological polar surface area (TPSA) is 97.7 Å². The van der Waals surface area contributed by atoms with Crippen LogP contribution in [0, 0.1) is 0 Å². The molecule has 4 aromatic rings. The summed E-state index contributed by atoms with van der Waals surface area (Å²) in [6.07, 6.45) is 8.86. The molecule has 1 amide bonds. The second kappa shape index (κ2) is 16.6. The lowest BCUT2D eigenvalue weighted by atomic mass is 10.0. The standard InChI is InChI=1S/C34H39N3O5S/c1-4-6-19-41-20-21-42-31-13-7-26(8-14-31)27-9-17-33(40-3)28(22-27)10-18-34(38)36-29-11-15-32(16-12-29)43(39)24-30-23-35-25-37(30)5-2/h7-18,22-23,25H,4-6,19-21,24H2,1-3H3,(H,36,38)/b18-10-/t43-/m0/s1. The van der Waals surface area contributed by atoms with Crippen LogP contribution in [-0.2, 0) is 33.0 Å². The molecule has 1 heterocycles. The van der Waals surface area contributed by atoms with Gasteiger partial charge in [-0.3, -0.25) is 4.79 Å². The van der Waals surface area contributed by atoms with Crippen molar-refractivity contribution in [2.75, 3.05) is 32.2 Å². The molecule has 43 heavy (non-hydrogen) atoms. The van der Waals surface area contributed by atoms with E-state index in [-0.39, 0.29) is 5.91 Å². The molecule has 8 nitrogen and oxygen atoms in total. The van der Waals surface area contributed by atoms with Gasteiger partial charge in [0.2, 0.25) is 5.91 Å². The fraction of sp³-hybridized carbons (Fsp3) is 0.294. The van der Waals surface area contributed by atoms with Crippen LogP contribution in [0.15, 0.2) is 90.2 Å². The lowest BCUT2D eigenvalue weighted by molar-refractivity contribution is -0.111. The number of aromatic nitrogens is 2. The highest BCUT2D eigenvalue weighted by Crippen LogP contribution is 2.29. The molecule has 9 heteroatoms. The summed E-state index contributed by atoms with van der Waals surface area (Å²) in [5.41, 5.74) is 4.32. The third-order valence-corrected chi connectivity index (χ3v) is 8.13. The molecular formula is C34H39N3O5S. The molecule has 226 valence electrons. The highest BCUT2D eigenvalue weighted by molar-refractivity contribution is 7.90. The minimum atomic E-state index is -1.21. The lowest BCUT2D eigenvalue weighted by Gasteiger charge is -2.12. The first-order valence-corrected chi connectivity index (χ1v) is 15.8. The number of hydrogen-bond acceptors (Lipinski definition) is 6. The first-order valence-electron chi connectivity index (χ1n) is 14.5. The van der Waals surface area contributed by atoms with E-state index in [1.807, 2.05) is 54.0 Å². The minimum Gasteiger partial charge on any atom is -0.611 e. The third-order valence-electron chi connectivity index (χ3n) is 6.77. The summed E-state index contributed by atoms with van der Waals surface area (Å²) < 4.78 is 31.6. The molecule has 0 radical (unpaired) electrons. The average molecular weight is 602 g/mol. The van der Waals surface area contributed by atoms with Crippen molar-refractivity contribution in [1.29, 1.82) is 0 Å². The van der Waals surface area contributed by atoms with Gasteiger partial charge in [-0.25, -0.2) is 4.98 Å². The molecular weight excluding hydrogens is 562 g/mol. The largest absolute Gasteiger partial charge is 0.611 e. The van der Waals surface area contributed by atoms with Crippen LogP contribution < -0.4 is 14.8 Å². The molecule has 3 aromatic carbocycles. The molecule has 0 aliphatic carbocycles. The summed E-state index contributed by atoms with van der Waals surface area (Å²) in [6.45, 7) is 6.79. The van der Waals surface area contributed by atoms with Crippen molar-refractivity contribution in [2.24, 2.45) is 0 Å². The molecule has 0 aliphatic heterocycles. The van der Waals surface area contributed by atoms with Crippen molar-refractivity contribution in [2.45, 2.75) is 43.9 Å². The van der Waals surface area contributed by atoms with E-state index in [2.05, 4.69) is 17.2 Å². The van der Waals surface area contributed by atoms with E-state index < -0.39 is 11.2 Å². The second-order valence-electron chi connectivity index (χ2n) is 9.80. The summed E-state index contributed by atoms with van der Waals surface area (Å²) in [7, 11) is 1.60. The molecule has 0 aliphatic rings. The van der Waals surface area contributed by atoms with Crippen LogP contribution in [0.2, 0.25) is 0 Å². The van der Waals surface area contributed by atoms with Crippen LogP contribution in [0.1, 0.15) is 37.9 Å². The van der Waals surface area contributed by atoms with Crippen molar-refractivity contribution in [3.8, 4) is 22.6 Å². The van der Waals surface area contributed by atoms with Crippen LogP contribution in [0.3, 0.4) is 0 Å². The van der Waals surface area contributed by atoms with Crippen molar-refractivity contribution in [1.82, 2.24) is 9.55 Å². The molecule has 0 bridgehead atoms. The second-order valence-corrected chi connectivity index (χ2v) is 11.3. The van der Waals surface area contributed by atoms with E-state index in [0.29, 0.717) is 35.3 Å². The average Bonchev–Trinajstić information content (AvgIpc) is 3.49. The number of amides is 1. The van der Waals surface area contributed by atoms with E-state index in [4.69, 9.17) is 14.2 Å². The van der Waals surface area contributed by atoms with Gasteiger partial charge in [-0.2, -0.15) is 0 Å². The molecule has 0 saturated heterocycles. The number of ether oxygens (including phenoxy) is 3. The molecule has 4 rings (SSSR count). The van der Waals surface area contributed by atoms with Crippen LogP contribution in [0.25, 0.3) is 17.2 Å². The Balaban J connectivity index is 1.34. The summed E-state index contributed by atoms with van der Waals surface area (Å²) in [5, 5.41) is 2.86. The predicted octanol–water partition coefficient (Wildman–Crippen LogP) is 6.73. The maximum absolute atomic E-state index is 12.8. The SMILES string of the molecule is CCCCOCCOc1ccc(-c2ccc(OC)c(/C=C\C(=O)Nc3ccc([S@@+]([O-])Cc4cncn4CC)cc3)c2)cc1. The van der Waals surface area contributed by atoms with Gasteiger partial charge in [0.1, 0.15) is 18.1 Å². The number of hydrogen-bond donors (Lipinski definition) is 1. The summed E-state index contributed by atoms with van der Waals surface area (Å²) in [6, 6.07) is 20.8. The van der Waals surface area contributed by atoms with Gasteiger partial charge in [0.05, 0.1) is 31.9 Å². The fourth-order valence-electron chi connectivity index (χ4n) is 4.36. The first-order chi connectivity index (χ1) is 21.0. The number of rotatable bonds is 16. The van der Waals surface area contributed by atoms with E-state index in [1.54, 1.807) is 50.0 Å². The Bertz CT molecular complexity index is 1470. The van der Waals surface area contributed by atoms with Gasteiger partial charge >= 0.3 is 0 Å². The molecule has 0 unspecified atom stereocenters. The van der Waals surface area contributed by atoms with E-state index in [9.17, 15) is 9.35 Å². The normalized spacial score (nSPS) is 11.9. The van der Waals surface area contributed by atoms with Gasteiger partial charge < -0.3 is 28.6 Å². The molecule has 1 aromatic heterocycles. The Morgan fingerprint density at radius 1 is 1.00 bits per heavy atom. The number of methoxy groups -OCH3 is 1. The van der Waals surface area contributed by atoms with Crippen molar-refractivity contribution in [3.05, 3.63) is 96.6 Å². The predicted molar refractivity (Wildman–Crippen MR) is 172 cm³/mol. The van der Waals surface area contributed by atoms with E-state index in [1.165, 1.54) is 6.08 Å². The van der Waals surface area contributed by atoms with Gasteiger partial charge in [0.25, 0.3) is 0 Å². The number of nitrogens with one attached hydrogen (secondary N) is 1. The first kappa shape index (κ1) is 31.9. The van der Waals surface area contributed by atoms with Crippen molar-refractivity contribution in [3.63, 3.8) is 0 Å². The number of anilines is 1. The Labute approximate surface area is 256 Å². The number of imidazole rings is 1. The smallest absolute Gasteiger partial charge is 0.248 e. The number of carbonyl (C=O) groups excluding carboxylic acids is 1. The van der Waals surface area contributed by atoms with Crippen LogP contribution in [-0.4, -0.2) is 46.9 Å². The van der Waals surface area contributed by atoms with Gasteiger partial charge in [0, 0.05) is 30.5 Å². The maximum atomic E-state index is 12.8. The third kappa shape index (κ3) is 9.47. The Hall–Kier alpha value is -4.05. The Morgan fingerprint density at radius 3 is 2.49 bits per heavy atom. The minimum absolute atomic E-state index is 0.284. The highest BCUT2D eigenvalue weighted by atomic mass is 32.2. The van der Waals surface area contributed by atoms with Gasteiger partial charge in [-0.1, -0.05) is 31.5 Å². The zero-order valence-electron chi connectivity index (χ0n) is 25.0.